The lowest BCUT2D eigenvalue weighted by molar-refractivity contribution is 1.62. The summed E-state index contributed by atoms with van der Waals surface area (Å²) in [4.78, 5) is 0. The number of benzene rings is 4. The Kier molecular flexibility index (Phi) is 3.47. The molecule has 0 unspecified atom stereocenters. The minimum atomic E-state index is 1.26. The topological polar surface area (TPSA) is 0 Å². The summed E-state index contributed by atoms with van der Waals surface area (Å²) in [5.74, 6) is 0. The standard InChI is InChI=1S/C22H17B/c23-22-14-20(16-6-2-1-3-7-16)13-21(15-22)19-11-10-17-8-4-5-9-18(17)12-19/h1-15H,23H2. The van der Waals surface area contributed by atoms with Gasteiger partial charge in [-0.1, -0.05) is 84.3 Å². The molecule has 4 aromatic rings. The summed E-state index contributed by atoms with van der Waals surface area (Å²) in [5.41, 5.74) is 6.36. The van der Waals surface area contributed by atoms with E-state index in [1.807, 2.05) is 0 Å². The van der Waals surface area contributed by atoms with Crippen LogP contribution in [0.4, 0.5) is 0 Å². The van der Waals surface area contributed by atoms with Gasteiger partial charge in [-0.15, -0.1) is 0 Å². The van der Waals surface area contributed by atoms with Crippen LogP contribution in [-0.2, 0) is 0 Å². The molecule has 0 bridgehead atoms. The summed E-state index contributed by atoms with van der Waals surface area (Å²) >= 11 is 0. The Balaban J connectivity index is 1.86. The van der Waals surface area contributed by atoms with Crippen molar-refractivity contribution in [2.75, 3.05) is 0 Å². The van der Waals surface area contributed by atoms with Crippen LogP contribution in [0.3, 0.4) is 0 Å². The molecule has 0 amide bonds. The highest BCUT2D eigenvalue weighted by Gasteiger charge is 2.04. The second-order valence-corrected chi connectivity index (χ2v) is 6.02. The molecule has 0 fully saturated rings. The third-order valence-corrected chi connectivity index (χ3v) is 4.27. The summed E-state index contributed by atoms with van der Waals surface area (Å²) in [6.07, 6.45) is 0. The molecule has 4 rings (SSSR count). The van der Waals surface area contributed by atoms with Crippen LogP contribution in [0.2, 0.25) is 0 Å². The van der Waals surface area contributed by atoms with Gasteiger partial charge in [0, 0.05) is 0 Å². The monoisotopic (exact) mass is 292 g/mol. The second kappa shape index (κ2) is 5.77. The van der Waals surface area contributed by atoms with Gasteiger partial charge in [-0.25, -0.2) is 0 Å². The minimum Gasteiger partial charge on any atom is -0.0877 e. The van der Waals surface area contributed by atoms with Crippen LogP contribution < -0.4 is 5.46 Å². The normalized spacial score (nSPS) is 10.8. The molecule has 0 radical (unpaired) electrons. The SMILES string of the molecule is Bc1cc(-c2ccccc2)cc(-c2ccc3ccccc3c2)c1. The van der Waals surface area contributed by atoms with Crippen molar-refractivity contribution in [3.63, 3.8) is 0 Å². The molecule has 0 aliphatic rings. The summed E-state index contributed by atoms with van der Waals surface area (Å²) in [6.45, 7) is 0. The van der Waals surface area contributed by atoms with E-state index in [4.69, 9.17) is 0 Å². The molecular formula is C22H17B. The average molecular weight is 292 g/mol. The molecule has 0 nitrogen and oxygen atoms in total. The van der Waals surface area contributed by atoms with Crippen LogP contribution >= 0.6 is 0 Å². The Morgan fingerprint density at radius 3 is 1.87 bits per heavy atom. The highest BCUT2D eigenvalue weighted by Crippen LogP contribution is 2.27. The minimum absolute atomic E-state index is 1.26. The maximum Gasteiger partial charge on any atom is 0.139 e. The predicted molar refractivity (Wildman–Crippen MR) is 103 cm³/mol. The molecule has 0 aliphatic carbocycles. The Bertz CT molecular complexity index is 971. The van der Waals surface area contributed by atoms with E-state index in [2.05, 4.69) is 98.8 Å². The summed E-state index contributed by atoms with van der Waals surface area (Å²) in [7, 11) is 2.16. The van der Waals surface area contributed by atoms with Crippen LogP contribution in [0.25, 0.3) is 33.0 Å². The van der Waals surface area contributed by atoms with Gasteiger partial charge in [-0.3, -0.25) is 0 Å². The van der Waals surface area contributed by atoms with Gasteiger partial charge in [0.25, 0.3) is 0 Å². The third-order valence-electron chi connectivity index (χ3n) is 4.27. The van der Waals surface area contributed by atoms with Gasteiger partial charge in [0.05, 0.1) is 0 Å². The van der Waals surface area contributed by atoms with Gasteiger partial charge in [0.2, 0.25) is 0 Å². The fraction of sp³-hybridized carbons (Fsp3) is 0. The lowest BCUT2D eigenvalue weighted by atomic mass is 9.88. The smallest absolute Gasteiger partial charge is 0.0877 e. The van der Waals surface area contributed by atoms with E-state index in [9.17, 15) is 0 Å². The van der Waals surface area contributed by atoms with Crippen molar-refractivity contribution in [1.82, 2.24) is 0 Å². The molecule has 0 saturated carbocycles. The van der Waals surface area contributed by atoms with Crippen LogP contribution in [0.5, 0.6) is 0 Å². The summed E-state index contributed by atoms with van der Waals surface area (Å²) in [5, 5.41) is 2.57. The average Bonchev–Trinajstić information content (AvgIpc) is 2.61. The van der Waals surface area contributed by atoms with E-state index in [1.165, 1.54) is 38.5 Å². The maximum absolute atomic E-state index is 2.28. The summed E-state index contributed by atoms with van der Waals surface area (Å²) in [6, 6.07) is 32.6. The first-order valence-electron chi connectivity index (χ1n) is 7.96. The maximum atomic E-state index is 2.28. The molecule has 0 N–H and O–H groups in total. The number of hydrogen-bond donors (Lipinski definition) is 0. The molecule has 0 spiro atoms. The molecule has 108 valence electrons. The molecule has 0 heterocycles. The zero-order chi connectivity index (χ0) is 15.6. The van der Waals surface area contributed by atoms with Crippen LogP contribution in [0.1, 0.15) is 0 Å². The first kappa shape index (κ1) is 13.8. The van der Waals surface area contributed by atoms with Crippen LogP contribution in [0, 0.1) is 0 Å². The van der Waals surface area contributed by atoms with Crippen molar-refractivity contribution in [2.45, 2.75) is 0 Å². The molecule has 0 aliphatic heterocycles. The van der Waals surface area contributed by atoms with Crippen molar-refractivity contribution in [2.24, 2.45) is 0 Å². The second-order valence-electron chi connectivity index (χ2n) is 6.02. The van der Waals surface area contributed by atoms with Crippen molar-refractivity contribution in [1.29, 1.82) is 0 Å². The Hall–Kier alpha value is -2.80. The van der Waals surface area contributed by atoms with Crippen molar-refractivity contribution in [3.05, 3.63) is 91.0 Å². The molecule has 1 heteroatoms. The first-order chi connectivity index (χ1) is 11.3. The quantitative estimate of drug-likeness (QED) is 0.479. The third kappa shape index (κ3) is 2.78. The Labute approximate surface area is 137 Å². The summed E-state index contributed by atoms with van der Waals surface area (Å²) < 4.78 is 0. The molecule has 0 aromatic heterocycles. The highest BCUT2D eigenvalue weighted by molar-refractivity contribution is 6.33. The van der Waals surface area contributed by atoms with Crippen molar-refractivity contribution in [3.8, 4) is 22.3 Å². The largest absolute Gasteiger partial charge is 0.139 e. The van der Waals surface area contributed by atoms with Crippen molar-refractivity contribution >= 4 is 24.1 Å². The Morgan fingerprint density at radius 2 is 1.09 bits per heavy atom. The van der Waals surface area contributed by atoms with E-state index in [1.54, 1.807) is 0 Å². The molecule has 0 saturated heterocycles. The van der Waals surface area contributed by atoms with Gasteiger partial charge in [0.15, 0.2) is 0 Å². The molecule has 4 aromatic carbocycles. The van der Waals surface area contributed by atoms with E-state index in [-0.39, 0.29) is 0 Å². The fourth-order valence-electron chi connectivity index (χ4n) is 3.12. The molecular weight excluding hydrogens is 275 g/mol. The zero-order valence-electron chi connectivity index (χ0n) is 13.2. The lowest BCUT2D eigenvalue weighted by Crippen LogP contribution is -2.02. The van der Waals surface area contributed by atoms with Gasteiger partial charge in [-0.2, -0.15) is 0 Å². The van der Waals surface area contributed by atoms with E-state index in [0.717, 1.165) is 0 Å². The van der Waals surface area contributed by atoms with Gasteiger partial charge >= 0.3 is 0 Å². The van der Waals surface area contributed by atoms with Gasteiger partial charge in [-0.05, 0) is 45.2 Å². The molecule has 23 heavy (non-hydrogen) atoms. The number of fused-ring (bicyclic) bond motifs is 1. The predicted octanol–water partition coefficient (Wildman–Crippen LogP) is 4.43. The van der Waals surface area contributed by atoms with Gasteiger partial charge in [0.1, 0.15) is 7.85 Å². The number of rotatable bonds is 2. The van der Waals surface area contributed by atoms with Crippen molar-refractivity contribution < 1.29 is 0 Å². The highest BCUT2D eigenvalue weighted by atomic mass is 14.1. The van der Waals surface area contributed by atoms with E-state index in [0.29, 0.717) is 0 Å². The van der Waals surface area contributed by atoms with Crippen LogP contribution in [-0.4, -0.2) is 7.85 Å². The fourth-order valence-corrected chi connectivity index (χ4v) is 3.12. The lowest BCUT2D eigenvalue weighted by Gasteiger charge is -2.09. The van der Waals surface area contributed by atoms with E-state index < -0.39 is 0 Å². The Morgan fingerprint density at radius 1 is 0.435 bits per heavy atom. The van der Waals surface area contributed by atoms with E-state index >= 15 is 0 Å². The van der Waals surface area contributed by atoms with Crippen LogP contribution in [0.15, 0.2) is 91.0 Å². The first-order valence-corrected chi connectivity index (χ1v) is 7.96. The molecule has 0 atom stereocenters. The zero-order valence-corrected chi connectivity index (χ0v) is 13.2. The van der Waals surface area contributed by atoms with Gasteiger partial charge < -0.3 is 0 Å². The number of hydrogen-bond acceptors (Lipinski definition) is 0.